The van der Waals surface area contributed by atoms with Crippen LogP contribution in [0.25, 0.3) is 0 Å². The molecule has 1 heterocycles. The van der Waals surface area contributed by atoms with Crippen molar-refractivity contribution in [2.24, 2.45) is 0 Å². The summed E-state index contributed by atoms with van der Waals surface area (Å²) in [7, 11) is 0. The molecule has 2 rings (SSSR count). The molecule has 1 aromatic rings. The van der Waals surface area contributed by atoms with Gasteiger partial charge in [0.25, 0.3) is 0 Å². The van der Waals surface area contributed by atoms with Crippen LogP contribution in [-0.2, 0) is 0 Å². The molecular weight excluding hydrogens is 162 g/mol. The summed E-state index contributed by atoms with van der Waals surface area (Å²) in [4.78, 5) is 2.08. The van der Waals surface area contributed by atoms with Crippen LogP contribution < -0.4 is 0 Å². The monoisotopic (exact) mass is 177 g/mol. The normalized spacial score (nSPS) is 23.6. The number of rotatable bonds is 2. The van der Waals surface area contributed by atoms with E-state index in [-0.39, 0.29) is 6.73 Å². The van der Waals surface area contributed by atoms with Gasteiger partial charge < -0.3 is 5.11 Å². The molecule has 0 saturated carbocycles. The summed E-state index contributed by atoms with van der Waals surface area (Å²) in [6.45, 7) is 2.22. The molecule has 1 aliphatic heterocycles. The highest BCUT2D eigenvalue weighted by Gasteiger charge is 2.22. The molecule has 2 nitrogen and oxygen atoms in total. The highest BCUT2D eigenvalue weighted by Crippen LogP contribution is 2.26. The molecule has 70 valence electrons. The van der Waals surface area contributed by atoms with Gasteiger partial charge in [-0.3, -0.25) is 4.90 Å². The van der Waals surface area contributed by atoms with Crippen molar-refractivity contribution in [2.75, 3.05) is 19.8 Å². The quantitative estimate of drug-likeness (QED) is 0.738. The van der Waals surface area contributed by atoms with Crippen molar-refractivity contribution in [3.63, 3.8) is 0 Å². The first-order chi connectivity index (χ1) is 6.40. The molecule has 1 unspecified atom stereocenters. The number of benzene rings is 1. The van der Waals surface area contributed by atoms with Crippen LogP contribution in [0, 0.1) is 0 Å². The zero-order valence-electron chi connectivity index (χ0n) is 7.69. The Morgan fingerprint density at radius 3 is 2.69 bits per heavy atom. The Balaban J connectivity index is 2.04. The van der Waals surface area contributed by atoms with Gasteiger partial charge in [0, 0.05) is 13.1 Å². The van der Waals surface area contributed by atoms with Crippen LogP contribution in [0.3, 0.4) is 0 Å². The maximum Gasteiger partial charge on any atom is 0.0956 e. The Morgan fingerprint density at radius 2 is 2.08 bits per heavy atom. The van der Waals surface area contributed by atoms with Crippen LogP contribution in [-0.4, -0.2) is 29.8 Å². The molecule has 2 heteroatoms. The van der Waals surface area contributed by atoms with Gasteiger partial charge in [-0.2, -0.15) is 0 Å². The van der Waals surface area contributed by atoms with Crippen LogP contribution >= 0.6 is 0 Å². The third kappa shape index (κ3) is 1.90. The topological polar surface area (TPSA) is 23.5 Å². The third-order valence-electron chi connectivity index (χ3n) is 2.74. The Hall–Kier alpha value is -0.860. The molecule has 0 aromatic heterocycles. The second kappa shape index (κ2) is 3.90. The van der Waals surface area contributed by atoms with Gasteiger partial charge in [0.2, 0.25) is 0 Å². The summed E-state index contributed by atoms with van der Waals surface area (Å²) in [6.07, 6.45) is 1.17. The average molecular weight is 177 g/mol. The average Bonchev–Trinajstić information content (AvgIpc) is 2.67. The Morgan fingerprint density at radius 1 is 1.31 bits per heavy atom. The van der Waals surface area contributed by atoms with Gasteiger partial charge in [-0.25, -0.2) is 0 Å². The highest BCUT2D eigenvalue weighted by molar-refractivity contribution is 5.20. The fraction of sp³-hybridized carbons (Fsp3) is 0.455. The predicted octanol–water partition coefficient (Wildman–Crippen LogP) is 1.43. The lowest BCUT2D eigenvalue weighted by Crippen LogP contribution is -2.20. The van der Waals surface area contributed by atoms with E-state index in [2.05, 4.69) is 29.2 Å². The van der Waals surface area contributed by atoms with Crippen molar-refractivity contribution in [3.05, 3.63) is 35.9 Å². The van der Waals surface area contributed by atoms with Gasteiger partial charge in [0.15, 0.2) is 0 Å². The van der Waals surface area contributed by atoms with Crippen molar-refractivity contribution in [1.29, 1.82) is 0 Å². The van der Waals surface area contributed by atoms with Crippen molar-refractivity contribution >= 4 is 0 Å². The summed E-state index contributed by atoms with van der Waals surface area (Å²) in [6, 6.07) is 10.5. The van der Waals surface area contributed by atoms with E-state index in [4.69, 9.17) is 5.11 Å². The summed E-state index contributed by atoms with van der Waals surface area (Å²) in [5.41, 5.74) is 1.40. The minimum atomic E-state index is 0.198. The van der Waals surface area contributed by atoms with E-state index in [0.29, 0.717) is 5.92 Å². The summed E-state index contributed by atoms with van der Waals surface area (Å²) in [5.74, 6) is 0.619. The lowest BCUT2D eigenvalue weighted by Gasteiger charge is -2.12. The first-order valence-corrected chi connectivity index (χ1v) is 4.78. The van der Waals surface area contributed by atoms with Gasteiger partial charge in [0.05, 0.1) is 6.73 Å². The molecular formula is C11H15NO. The number of nitrogens with zero attached hydrogens (tertiary/aromatic N) is 1. The second-order valence-electron chi connectivity index (χ2n) is 3.61. The zero-order chi connectivity index (χ0) is 9.10. The summed E-state index contributed by atoms with van der Waals surface area (Å²) < 4.78 is 0. The van der Waals surface area contributed by atoms with Crippen LogP contribution in [0.2, 0.25) is 0 Å². The lowest BCUT2D eigenvalue weighted by molar-refractivity contribution is 0.130. The molecule has 0 bridgehead atoms. The SMILES string of the molecule is OCN1CCC(c2ccccc2)C1. The van der Waals surface area contributed by atoms with E-state index in [0.717, 1.165) is 13.1 Å². The van der Waals surface area contributed by atoms with E-state index < -0.39 is 0 Å². The zero-order valence-corrected chi connectivity index (χ0v) is 7.69. The summed E-state index contributed by atoms with van der Waals surface area (Å²) >= 11 is 0. The van der Waals surface area contributed by atoms with E-state index in [1.807, 2.05) is 6.07 Å². The highest BCUT2D eigenvalue weighted by atomic mass is 16.3. The molecule has 0 radical (unpaired) electrons. The minimum Gasteiger partial charge on any atom is -0.381 e. The van der Waals surface area contributed by atoms with Crippen molar-refractivity contribution < 1.29 is 5.11 Å². The molecule has 1 N–H and O–H groups in total. The number of aliphatic hydroxyl groups is 1. The van der Waals surface area contributed by atoms with Crippen LogP contribution in [0.5, 0.6) is 0 Å². The lowest BCUT2D eigenvalue weighted by atomic mass is 9.99. The Kier molecular flexibility index (Phi) is 2.62. The van der Waals surface area contributed by atoms with Gasteiger partial charge >= 0.3 is 0 Å². The van der Waals surface area contributed by atoms with E-state index in [9.17, 15) is 0 Å². The molecule has 1 saturated heterocycles. The molecule has 0 spiro atoms. The molecule has 1 aromatic carbocycles. The van der Waals surface area contributed by atoms with Gasteiger partial charge in [-0.1, -0.05) is 30.3 Å². The van der Waals surface area contributed by atoms with Crippen LogP contribution in [0.15, 0.2) is 30.3 Å². The smallest absolute Gasteiger partial charge is 0.0956 e. The van der Waals surface area contributed by atoms with Crippen molar-refractivity contribution in [3.8, 4) is 0 Å². The van der Waals surface area contributed by atoms with Crippen LogP contribution in [0.4, 0.5) is 0 Å². The number of hydrogen-bond donors (Lipinski definition) is 1. The maximum absolute atomic E-state index is 8.96. The Labute approximate surface area is 78.8 Å². The number of likely N-dealkylation sites (tertiary alicyclic amines) is 1. The Bertz CT molecular complexity index is 260. The molecule has 13 heavy (non-hydrogen) atoms. The maximum atomic E-state index is 8.96. The van der Waals surface area contributed by atoms with Crippen molar-refractivity contribution in [2.45, 2.75) is 12.3 Å². The van der Waals surface area contributed by atoms with Crippen LogP contribution in [0.1, 0.15) is 17.9 Å². The van der Waals surface area contributed by atoms with Gasteiger partial charge in [0.1, 0.15) is 0 Å². The fourth-order valence-corrected chi connectivity index (χ4v) is 1.96. The van der Waals surface area contributed by atoms with Gasteiger partial charge in [-0.05, 0) is 17.9 Å². The minimum absolute atomic E-state index is 0.198. The number of aliphatic hydroxyl groups excluding tert-OH is 1. The largest absolute Gasteiger partial charge is 0.381 e. The third-order valence-corrected chi connectivity index (χ3v) is 2.74. The van der Waals surface area contributed by atoms with E-state index in [1.54, 1.807) is 0 Å². The first-order valence-electron chi connectivity index (χ1n) is 4.78. The van der Waals surface area contributed by atoms with E-state index in [1.165, 1.54) is 12.0 Å². The number of hydrogen-bond acceptors (Lipinski definition) is 2. The molecule has 0 aliphatic carbocycles. The fourth-order valence-electron chi connectivity index (χ4n) is 1.96. The predicted molar refractivity (Wildman–Crippen MR) is 52.5 cm³/mol. The molecule has 1 fully saturated rings. The summed E-state index contributed by atoms with van der Waals surface area (Å²) in [5, 5.41) is 8.96. The standard InChI is InChI=1S/C11H15NO/c13-9-12-7-6-11(8-12)10-4-2-1-3-5-10/h1-5,11,13H,6-9H2. The second-order valence-corrected chi connectivity index (χ2v) is 3.61. The first kappa shape index (κ1) is 8.73. The molecule has 1 atom stereocenters. The van der Waals surface area contributed by atoms with Gasteiger partial charge in [-0.15, -0.1) is 0 Å². The molecule has 1 aliphatic rings. The molecule has 0 amide bonds. The van der Waals surface area contributed by atoms with E-state index >= 15 is 0 Å². The van der Waals surface area contributed by atoms with Crippen molar-refractivity contribution in [1.82, 2.24) is 4.90 Å².